The Morgan fingerprint density at radius 3 is 2.55 bits per heavy atom. The van der Waals surface area contributed by atoms with Gasteiger partial charge in [0, 0.05) is 30.6 Å². The zero-order valence-corrected chi connectivity index (χ0v) is 14.1. The van der Waals surface area contributed by atoms with Crippen molar-refractivity contribution in [1.29, 1.82) is 0 Å². The number of aromatic nitrogens is 1. The van der Waals surface area contributed by atoms with Crippen LogP contribution in [-0.2, 0) is 13.0 Å². The van der Waals surface area contributed by atoms with E-state index < -0.39 is 0 Å². The van der Waals surface area contributed by atoms with Gasteiger partial charge in [0.1, 0.15) is 0 Å². The average Bonchev–Trinajstić information content (AvgIpc) is 2.88. The fraction of sp³-hybridized carbons (Fsp3) is 0.800. The lowest BCUT2D eigenvalue weighted by atomic mass is 10.0. The van der Waals surface area contributed by atoms with Gasteiger partial charge in [-0.3, -0.25) is 0 Å². The molecule has 5 heteroatoms. The molecule has 1 N–H and O–H groups in total. The van der Waals surface area contributed by atoms with Crippen molar-refractivity contribution in [3.63, 3.8) is 0 Å². The zero-order chi connectivity index (χ0) is 14.5. The van der Waals surface area contributed by atoms with Crippen LogP contribution in [0.1, 0.15) is 37.3 Å². The molecule has 20 heavy (non-hydrogen) atoms. The molecule has 1 aliphatic heterocycles. The number of nitrogens with zero attached hydrogens (tertiary/aromatic N) is 3. The van der Waals surface area contributed by atoms with Crippen molar-refractivity contribution in [1.82, 2.24) is 15.2 Å². The molecule has 0 bridgehead atoms. The molecular weight excluding hydrogens is 268 g/mol. The lowest BCUT2D eigenvalue weighted by molar-refractivity contribution is 0.249. The van der Waals surface area contributed by atoms with Crippen LogP contribution in [0.15, 0.2) is 0 Å². The van der Waals surface area contributed by atoms with Crippen LogP contribution in [0.4, 0.5) is 5.13 Å². The van der Waals surface area contributed by atoms with Gasteiger partial charge in [-0.25, -0.2) is 4.98 Å². The van der Waals surface area contributed by atoms with E-state index in [1.54, 1.807) is 0 Å². The first-order chi connectivity index (χ1) is 9.65. The van der Waals surface area contributed by atoms with Crippen molar-refractivity contribution in [2.24, 2.45) is 0 Å². The largest absolute Gasteiger partial charge is 0.348 e. The monoisotopic (exact) mass is 296 g/mol. The summed E-state index contributed by atoms with van der Waals surface area (Å²) in [5.74, 6) is 0. The second-order valence-electron chi connectivity index (χ2n) is 5.68. The summed E-state index contributed by atoms with van der Waals surface area (Å²) >= 11 is 1.88. The Morgan fingerprint density at radius 2 is 2.00 bits per heavy atom. The molecule has 4 nitrogen and oxygen atoms in total. The number of thiazole rings is 1. The summed E-state index contributed by atoms with van der Waals surface area (Å²) < 4.78 is 0. The molecule has 1 saturated heterocycles. The number of aryl methyl sites for hydroxylation is 1. The Labute approximate surface area is 127 Å². The van der Waals surface area contributed by atoms with E-state index in [-0.39, 0.29) is 0 Å². The van der Waals surface area contributed by atoms with Crippen molar-refractivity contribution in [3.05, 3.63) is 10.6 Å². The predicted molar refractivity (Wildman–Crippen MR) is 87.8 cm³/mol. The minimum absolute atomic E-state index is 0.734. The number of piperidine rings is 1. The zero-order valence-electron chi connectivity index (χ0n) is 13.3. The van der Waals surface area contributed by atoms with Crippen LogP contribution in [0.5, 0.6) is 0 Å². The first kappa shape index (κ1) is 15.7. The predicted octanol–water partition coefficient (Wildman–Crippen LogP) is 2.35. The smallest absolute Gasteiger partial charge is 0.185 e. The molecule has 1 aliphatic rings. The molecule has 1 fully saturated rings. The SMILES string of the molecule is CCNCc1sc(N2CCC(N(C)C)CC2)nc1CC. The highest BCUT2D eigenvalue weighted by molar-refractivity contribution is 7.15. The molecule has 1 aromatic heterocycles. The summed E-state index contributed by atoms with van der Waals surface area (Å²) in [6, 6.07) is 0.734. The highest BCUT2D eigenvalue weighted by atomic mass is 32.1. The molecule has 0 unspecified atom stereocenters. The number of hydrogen-bond acceptors (Lipinski definition) is 5. The summed E-state index contributed by atoms with van der Waals surface area (Å²) in [5.41, 5.74) is 1.28. The first-order valence-electron chi connectivity index (χ1n) is 7.76. The number of rotatable bonds is 6. The lowest BCUT2D eigenvalue weighted by Gasteiger charge is -2.35. The highest BCUT2D eigenvalue weighted by Crippen LogP contribution is 2.29. The normalized spacial score (nSPS) is 17.1. The van der Waals surface area contributed by atoms with Crippen LogP contribution in [-0.4, -0.2) is 49.7 Å². The van der Waals surface area contributed by atoms with Gasteiger partial charge in [0.25, 0.3) is 0 Å². The van der Waals surface area contributed by atoms with Crippen LogP contribution in [0.2, 0.25) is 0 Å². The maximum Gasteiger partial charge on any atom is 0.185 e. The maximum absolute atomic E-state index is 4.87. The van der Waals surface area contributed by atoms with Gasteiger partial charge in [-0.15, -0.1) is 11.3 Å². The first-order valence-corrected chi connectivity index (χ1v) is 8.58. The van der Waals surface area contributed by atoms with Gasteiger partial charge in [-0.2, -0.15) is 0 Å². The van der Waals surface area contributed by atoms with Crippen molar-refractivity contribution < 1.29 is 0 Å². The van der Waals surface area contributed by atoms with Crippen molar-refractivity contribution in [2.45, 2.75) is 45.7 Å². The van der Waals surface area contributed by atoms with Crippen LogP contribution in [0.3, 0.4) is 0 Å². The molecular formula is C15H28N4S. The summed E-state index contributed by atoms with van der Waals surface area (Å²) in [6.07, 6.45) is 3.53. The van der Waals surface area contributed by atoms with Gasteiger partial charge >= 0.3 is 0 Å². The van der Waals surface area contributed by atoms with Gasteiger partial charge in [-0.1, -0.05) is 13.8 Å². The van der Waals surface area contributed by atoms with Gasteiger partial charge in [0.05, 0.1) is 5.69 Å². The third kappa shape index (κ3) is 3.71. The molecule has 1 aromatic rings. The molecule has 0 amide bonds. The van der Waals surface area contributed by atoms with Crippen LogP contribution in [0.25, 0.3) is 0 Å². The standard InChI is InChI=1S/C15H28N4S/c1-5-13-14(11-16-6-2)20-15(17-13)19-9-7-12(8-10-19)18(3)4/h12,16H,5-11H2,1-4H3. The van der Waals surface area contributed by atoms with Crippen LogP contribution >= 0.6 is 11.3 Å². The van der Waals surface area contributed by atoms with Crippen molar-refractivity contribution >= 4 is 16.5 Å². The van der Waals surface area contributed by atoms with Gasteiger partial charge in [-0.05, 0) is 39.9 Å². The second kappa shape index (κ2) is 7.38. The maximum atomic E-state index is 4.87. The fourth-order valence-corrected chi connectivity index (χ4v) is 3.90. The third-order valence-corrected chi connectivity index (χ3v) is 5.26. The molecule has 2 heterocycles. The summed E-state index contributed by atoms with van der Waals surface area (Å²) in [6.45, 7) is 8.61. The number of nitrogens with one attached hydrogen (secondary N) is 1. The molecule has 2 rings (SSSR count). The minimum atomic E-state index is 0.734. The third-order valence-electron chi connectivity index (χ3n) is 4.10. The Hall–Kier alpha value is -0.650. The van der Waals surface area contributed by atoms with E-state index in [0.29, 0.717) is 0 Å². The minimum Gasteiger partial charge on any atom is -0.348 e. The molecule has 0 saturated carbocycles. The quantitative estimate of drug-likeness (QED) is 0.873. The van der Waals surface area contributed by atoms with Gasteiger partial charge < -0.3 is 15.1 Å². The van der Waals surface area contributed by atoms with E-state index in [4.69, 9.17) is 4.98 Å². The average molecular weight is 296 g/mol. The summed E-state index contributed by atoms with van der Waals surface area (Å²) in [5, 5.41) is 4.65. The van der Waals surface area contributed by atoms with Crippen LogP contribution in [0, 0.1) is 0 Å². The van der Waals surface area contributed by atoms with Gasteiger partial charge in [0.15, 0.2) is 5.13 Å². The molecule has 0 aliphatic carbocycles. The van der Waals surface area contributed by atoms with E-state index in [2.05, 4.69) is 43.1 Å². The van der Waals surface area contributed by atoms with E-state index in [1.165, 1.54) is 28.5 Å². The van der Waals surface area contributed by atoms with E-state index >= 15 is 0 Å². The number of hydrogen-bond donors (Lipinski definition) is 1. The van der Waals surface area contributed by atoms with E-state index in [0.717, 1.165) is 38.6 Å². The highest BCUT2D eigenvalue weighted by Gasteiger charge is 2.23. The topological polar surface area (TPSA) is 31.4 Å². The Morgan fingerprint density at radius 1 is 1.30 bits per heavy atom. The Balaban J connectivity index is 2.01. The molecule has 0 spiro atoms. The van der Waals surface area contributed by atoms with Crippen molar-refractivity contribution in [2.75, 3.05) is 38.6 Å². The summed E-state index contributed by atoms with van der Waals surface area (Å²) in [4.78, 5) is 11.1. The van der Waals surface area contributed by atoms with Gasteiger partial charge in [0.2, 0.25) is 0 Å². The fourth-order valence-electron chi connectivity index (χ4n) is 2.73. The molecule has 0 atom stereocenters. The lowest BCUT2D eigenvalue weighted by Crippen LogP contribution is -2.41. The Kier molecular flexibility index (Phi) is 5.81. The molecule has 0 aromatic carbocycles. The van der Waals surface area contributed by atoms with Crippen molar-refractivity contribution in [3.8, 4) is 0 Å². The molecule has 114 valence electrons. The summed E-state index contributed by atoms with van der Waals surface area (Å²) in [7, 11) is 4.38. The molecule has 0 radical (unpaired) electrons. The number of anilines is 1. The van der Waals surface area contributed by atoms with Crippen LogP contribution < -0.4 is 10.2 Å². The second-order valence-corrected chi connectivity index (χ2v) is 6.74. The van der Waals surface area contributed by atoms with E-state index in [9.17, 15) is 0 Å². The van der Waals surface area contributed by atoms with E-state index in [1.807, 2.05) is 11.3 Å². The Bertz CT molecular complexity index is 408.